The summed E-state index contributed by atoms with van der Waals surface area (Å²) in [6, 6.07) is 13.7. The summed E-state index contributed by atoms with van der Waals surface area (Å²) in [5.41, 5.74) is 2.50. The molecule has 3 nitrogen and oxygen atoms in total. The fourth-order valence-electron chi connectivity index (χ4n) is 2.78. The molecule has 0 spiro atoms. The van der Waals surface area contributed by atoms with Crippen LogP contribution < -0.4 is 0 Å². The van der Waals surface area contributed by atoms with Gasteiger partial charge in [-0.15, -0.1) is 11.3 Å². The Balaban J connectivity index is 1.52. The molecule has 124 valence electrons. The Labute approximate surface area is 150 Å². The number of hydrogen-bond acceptors (Lipinski definition) is 3. The molecule has 0 radical (unpaired) electrons. The molecule has 1 aromatic heterocycles. The predicted molar refractivity (Wildman–Crippen MR) is 98.5 cm³/mol. The van der Waals surface area contributed by atoms with E-state index in [1.54, 1.807) is 12.1 Å². The van der Waals surface area contributed by atoms with Gasteiger partial charge < -0.3 is 4.90 Å². The van der Waals surface area contributed by atoms with Crippen LogP contribution in [0.4, 0.5) is 0 Å². The molecule has 24 heavy (non-hydrogen) atoms. The number of benzene rings is 1. The quantitative estimate of drug-likeness (QED) is 0.727. The van der Waals surface area contributed by atoms with Crippen LogP contribution in [0.2, 0.25) is 4.34 Å². The van der Waals surface area contributed by atoms with Gasteiger partial charge in [-0.2, -0.15) is 0 Å². The monoisotopic (exact) mass is 359 g/mol. The van der Waals surface area contributed by atoms with Gasteiger partial charge in [0.15, 0.2) is 5.78 Å². The van der Waals surface area contributed by atoms with Gasteiger partial charge in [-0.3, -0.25) is 9.59 Å². The van der Waals surface area contributed by atoms with Crippen molar-refractivity contribution < 1.29 is 9.59 Å². The second-order valence-corrected chi connectivity index (χ2v) is 7.43. The van der Waals surface area contributed by atoms with Crippen molar-refractivity contribution in [2.45, 2.75) is 19.3 Å². The Morgan fingerprint density at radius 3 is 2.50 bits per heavy atom. The first-order chi connectivity index (χ1) is 11.6. The minimum atomic E-state index is -0.0159. The van der Waals surface area contributed by atoms with Crippen molar-refractivity contribution in [2.75, 3.05) is 13.1 Å². The molecule has 0 fully saturated rings. The minimum Gasteiger partial charge on any atom is -0.339 e. The van der Waals surface area contributed by atoms with Crippen LogP contribution in [0.15, 0.2) is 48.5 Å². The summed E-state index contributed by atoms with van der Waals surface area (Å²) in [5.74, 6) is 0.0205. The van der Waals surface area contributed by atoms with Crippen LogP contribution in [0.25, 0.3) is 5.57 Å². The minimum absolute atomic E-state index is 0.0159. The van der Waals surface area contributed by atoms with Gasteiger partial charge in [0.2, 0.25) is 5.91 Å². The summed E-state index contributed by atoms with van der Waals surface area (Å²) in [4.78, 5) is 26.8. The highest BCUT2D eigenvalue weighted by atomic mass is 35.5. The number of hydrogen-bond donors (Lipinski definition) is 0. The lowest BCUT2D eigenvalue weighted by Gasteiger charge is -2.26. The number of carbonyl (C=O) groups excluding carboxylic acids is 2. The Morgan fingerprint density at radius 2 is 1.88 bits per heavy atom. The zero-order valence-electron chi connectivity index (χ0n) is 13.2. The number of ketones is 1. The lowest BCUT2D eigenvalue weighted by molar-refractivity contribution is -0.130. The standard InChI is InChI=1S/C19H18ClNO2S/c20-18-8-7-17(24-18)16(22)6-9-19(23)21-12-10-15(11-13-21)14-4-2-1-3-5-14/h1-5,7-8,10H,6,9,11-13H2. The summed E-state index contributed by atoms with van der Waals surface area (Å²) >= 11 is 7.10. The van der Waals surface area contributed by atoms with Crippen molar-refractivity contribution in [3.63, 3.8) is 0 Å². The van der Waals surface area contributed by atoms with E-state index in [-0.39, 0.29) is 24.5 Å². The molecule has 2 heterocycles. The smallest absolute Gasteiger partial charge is 0.223 e. The lowest BCUT2D eigenvalue weighted by Crippen LogP contribution is -2.34. The summed E-state index contributed by atoms with van der Waals surface area (Å²) in [6.07, 6.45) is 3.45. The normalized spacial score (nSPS) is 14.4. The third-order valence-corrected chi connectivity index (χ3v) is 5.39. The molecular formula is C19H18ClNO2S. The Bertz CT molecular complexity index is 767. The van der Waals surface area contributed by atoms with Crippen LogP contribution in [-0.2, 0) is 4.79 Å². The number of nitrogens with zero attached hydrogens (tertiary/aromatic N) is 1. The zero-order chi connectivity index (χ0) is 16.9. The van der Waals surface area contributed by atoms with Crippen LogP contribution in [0.5, 0.6) is 0 Å². The van der Waals surface area contributed by atoms with Crippen LogP contribution in [0, 0.1) is 0 Å². The predicted octanol–water partition coefficient (Wildman–Crippen LogP) is 4.68. The Morgan fingerprint density at radius 1 is 1.08 bits per heavy atom. The molecule has 1 aliphatic heterocycles. The Kier molecular flexibility index (Phi) is 5.48. The molecule has 3 rings (SSSR count). The average Bonchev–Trinajstić information content (AvgIpc) is 3.07. The first kappa shape index (κ1) is 16.9. The summed E-state index contributed by atoms with van der Waals surface area (Å²) < 4.78 is 0.597. The SMILES string of the molecule is O=C(CCC(=O)N1CC=C(c2ccccc2)CC1)c1ccc(Cl)s1. The van der Waals surface area contributed by atoms with Crippen molar-refractivity contribution in [1.29, 1.82) is 0 Å². The number of carbonyl (C=O) groups is 2. The molecular weight excluding hydrogens is 342 g/mol. The van der Waals surface area contributed by atoms with Crippen molar-refractivity contribution in [2.24, 2.45) is 0 Å². The molecule has 5 heteroatoms. The highest BCUT2D eigenvalue weighted by molar-refractivity contribution is 7.18. The first-order valence-corrected chi connectivity index (χ1v) is 9.13. The summed E-state index contributed by atoms with van der Waals surface area (Å²) in [7, 11) is 0. The second-order valence-electron chi connectivity index (χ2n) is 5.71. The lowest BCUT2D eigenvalue weighted by atomic mass is 9.99. The van der Waals surface area contributed by atoms with Crippen molar-refractivity contribution in [3.05, 3.63) is 63.3 Å². The van der Waals surface area contributed by atoms with Crippen molar-refractivity contribution >= 4 is 40.2 Å². The number of amides is 1. The van der Waals surface area contributed by atoms with E-state index >= 15 is 0 Å². The number of rotatable bonds is 5. The maximum atomic E-state index is 12.3. The van der Waals surface area contributed by atoms with Gasteiger partial charge in [-0.25, -0.2) is 0 Å². The van der Waals surface area contributed by atoms with Gasteiger partial charge in [-0.05, 0) is 29.7 Å². The largest absolute Gasteiger partial charge is 0.339 e. The topological polar surface area (TPSA) is 37.4 Å². The van der Waals surface area contributed by atoms with Gasteiger partial charge in [-0.1, -0.05) is 48.0 Å². The molecule has 1 amide bonds. The maximum absolute atomic E-state index is 12.3. The van der Waals surface area contributed by atoms with Gasteiger partial charge in [0.25, 0.3) is 0 Å². The van der Waals surface area contributed by atoms with Crippen LogP contribution in [0.1, 0.15) is 34.5 Å². The fourth-order valence-corrected chi connectivity index (χ4v) is 3.79. The van der Waals surface area contributed by atoms with Gasteiger partial charge >= 0.3 is 0 Å². The van der Waals surface area contributed by atoms with Gasteiger partial charge in [0.1, 0.15) is 0 Å². The molecule has 0 N–H and O–H groups in total. The highest BCUT2D eigenvalue weighted by Gasteiger charge is 2.19. The molecule has 0 bridgehead atoms. The molecule has 1 aliphatic rings. The summed E-state index contributed by atoms with van der Waals surface area (Å²) in [6.45, 7) is 1.32. The zero-order valence-corrected chi connectivity index (χ0v) is 14.8. The summed E-state index contributed by atoms with van der Waals surface area (Å²) in [5, 5.41) is 0. The van der Waals surface area contributed by atoms with Crippen LogP contribution in [-0.4, -0.2) is 29.7 Å². The van der Waals surface area contributed by atoms with E-state index in [1.165, 1.54) is 22.5 Å². The number of halogens is 1. The molecule has 0 atom stereocenters. The van der Waals surface area contributed by atoms with E-state index in [0.29, 0.717) is 22.3 Å². The van der Waals surface area contributed by atoms with Crippen molar-refractivity contribution in [3.8, 4) is 0 Å². The van der Waals surface area contributed by atoms with Gasteiger partial charge in [0, 0.05) is 25.9 Å². The van der Waals surface area contributed by atoms with E-state index in [0.717, 1.165) is 6.42 Å². The molecule has 0 aliphatic carbocycles. The third kappa shape index (κ3) is 4.13. The van der Waals surface area contributed by atoms with Gasteiger partial charge in [0.05, 0.1) is 9.21 Å². The average molecular weight is 360 g/mol. The molecule has 2 aromatic rings. The maximum Gasteiger partial charge on any atom is 0.223 e. The van der Waals surface area contributed by atoms with Crippen LogP contribution >= 0.6 is 22.9 Å². The first-order valence-electron chi connectivity index (χ1n) is 7.94. The number of thiophene rings is 1. The molecule has 0 saturated heterocycles. The van der Waals surface area contributed by atoms with E-state index in [4.69, 9.17) is 11.6 Å². The molecule has 0 unspecified atom stereocenters. The van der Waals surface area contributed by atoms with Crippen molar-refractivity contribution in [1.82, 2.24) is 4.90 Å². The van der Waals surface area contributed by atoms with E-state index in [1.807, 2.05) is 23.1 Å². The van der Waals surface area contributed by atoms with E-state index < -0.39 is 0 Å². The Hall–Kier alpha value is -1.91. The molecule has 1 aromatic carbocycles. The van der Waals surface area contributed by atoms with Crippen LogP contribution in [0.3, 0.4) is 0 Å². The second kappa shape index (κ2) is 7.77. The number of Topliss-reactive ketones (excluding diaryl/α,β-unsaturated/α-hetero) is 1. The fraction of sp³-hybridized carbons (Fsp3) is 0.263. The highest BCUT2D eigenvalue weighted by Crippen LogP contribution is 2.24. The molecule has 0 saturated carbocycles. The van der Waals surface area contributed by atoms with E-state index in [9.17, 15) is 9.59 Å². The third-order valence-electron chi connectivity index (χ3n) is 4.12. The van der Waals surface area contributed by atoms with E-state index in [2.05, 4.69) is 18.2 Å².